The largest absolute Gasteiger partial charge is 0.493 e. The number of ether oxygens (including phenoxy) is 3. The average molecular weight is 275 g/mol. The summed E-state index contributed by atoms with van der Waals surface area (Å²) < 4.78 is 39.0. The van der Waals surface area contributed by atoms with Crippen LogP contribution in [0.25, 0.3) is 0 Å². The molecule has 6 heteroatoms. The lowest BCUT2D eigenvalue weighted by molar-refractivity contribution is -0.0512. The lowest BCUT2D eigenvalue weighted by Gasteiger charge is -2.17. The molecule has 0 spiro atoms. The van der Waals surface area contributed by atoms with Crippen molar-refractivity contribution in [3.63, 3.8) is 0 Å². The normalized spacial score (nSPS) is 11.1. The molecular weight excluding hydrogens is 256 g/mol. The first-order valence-electron chi connectivity index (χ1n) is 5.86. The van der Waals surface area contributed by atoms with E-state index in [2.05, 4.69) is 4.74 Å². The third kappa shape index (κ3) is 5.40. The van der Waals surface area contributed by atoms with Gasteiger partial charge in [-0.15, -0.1) is 0 Å². The van der Waals surface area contributed by atoms with E-state index in [1.54, 1.807) is 19.2 Å². The minimum Gasteiger partial charge on any atom is -0.493 e. The van der Waals surface area contributed by atoms with Crippen LogP contribution in [0.1, 0.15) is 5.56 Å². The zero-order chi connectivity index (χ0) is 14.3. The van der Waals surface area contributed by atoms with Crippen molar-refractivity contribution >= 4 is 0 Å². The van der Waals surface area contributed by atoms with Gasteiger partial charge in [0.05, 0.1) is 13.7 Å². The van der Waals surface area contributed by atoms with Crippen molar-refractivity contribution in [2.24, 2.45) is 0 Å². The molecule has 0 aliphatic carbocycles. The second kappa shape index (κ2) is 7.91. The highest BCUT2D eigenvalue weighted by Gasteiger charge is 2.12. The molecule has 0 N–H and O–H groups in total. The fourth-order valence-electron chi connectivity index (χ4n) is 1.65. The molecule has 0 saturated heterocycles. The Kier molecular flexibility index (Phi) is 6.52. The van der Waals surface area contributed by atoms with Gasteiger partial charge in [0.1, 0.15) is 0 Å². The molecular formula is C13H19F2NO3. The van der Waals surface area contributed by atoms with E-state index in [1.165, 1.54) is 7.11 Å². The monoisotopic (exact) mass is 275 g/mol. The van der Waals surface area contributed by atoms with Gasteiger partial charge < -0.3 is 14.2 Å². The molecule has 0 radical (unpaired) electrons. The Morgan fingerprint density at radius 3 is 2.53 bits per heavy atom. The third-order valence-electron chi connectivity index (χ3n) is 2.57. The maximum Gasteiger partial charge on any atom is 0.387 e. The van der Waals surface area contributed by atoms with E-state index in [-0.39, 0.29) is 5.75 Å². The molecule has 0 saturated carbocycles. The number of nitrogens with zero attached hydrogens (tertiary/aromatic N) is 1. The minimum atomic E-state index is -2.87. The highest BCUT2D eigenvalue weighted by atomic mass is 19.3. The van der Waals surface area contributed by atoms with Gasteiger partial charge in [0.2, 0.25) is 0 Å². The Balaban J connectivity index is 2.74. The highest BCUT2D eigenvalue weighted by molar-refractivity contribution is 5.42. The van der Waals surface area contributed by atoms with Crippen molar-refractivity contribution in [2.75, 3.05) is 34.4 Å². The lowest BCUT2D eigenvalue weighted by atomic mass is 10.2. The summed E-state index contributed by atoms with van der Waals surface area (Å²) in [5.74, 6) is 0.346. The first-order chi connectivity index (χ1) is 9.06. The van der Waals surface area contributed by atoms with Crippen LogP contribution in [0.2, 0.25) is 0 Å². The molecule has 0 bridgehead atoms. The molecule has 0 atom stereocenters. The van der Waals surface area contributed by atoms with Gasteiger partial charge in [-0.2, -0.15) is 8.78 Å². The molecule has 0 unspecified atom stereocenters. The van der Waals surface area contributed by atoms with Gasteiger partial charge in [-0.1, -0.05) is 6.07 Å². The zero-order valence-electron chi connectivity index (χ0n) is 11.4. The Hall–Kier alpha value is -1.40. The number of likely N-dealkylation sites (N-methyl/N-ethyl adjacent to an activating group) is 1. The summed E-state index contributed by atoms with van der Waals surface area (Å²) in [4.78, 5) is 2.03. The summed E-state index contributed by atoms with van der Waals surface area (Å²) in [5, 5.41) is 0. The van der Waals surface area contributed by atoms with Crippen LogP contribution in [0.4, 0.5) is 8.78 Å². The number of halogens is 2. The maximum atomic E-state index is 12.3. The van der Waals surface area contributed by atoms with E-state index in [4.69, 9.17) is 9.47 Å². The van der Waals surface area contributed by atoms with Crippen molar-refractivity contribution in [3.8, 4) is 11.5 Å². The van der Waals surface area contributed by atoms with Crippen LogP contribution in [0, 0.1) is 0 Å². The quantitative estimate of drug-likeness (QED) is 0.729. The number of methoxy groups -OCH3 is 2. The van der Waals surface area contributed by atoms with Gasteiger partial charge >= 0.3 is 6.61 Å². The van der Waals surface area contributed by atoms with Gasteiger partial charge in [-0.3, -0.25) is 4.90 Å². The molecule has 0 fully saturated rings. The number of hydrogen-bond acceptors (Lipinski definition) is 4. The second-order valence-corrected chi connectivity index (χ2v) is 4.09. The van der Waals surface area contributed by atoms with Crippen molar-refractivity contribution in [1.82, 2.24) is 4.90 Å². The first kappa shape index (κ1) is 15.7. The summed E-state index contributed by atoms with van der Waals surface area (Å²) in [6, 6.07) is 5.01. The third-order valence-corrected chi connectivity index (χ3v) is 2.57. The van der Waals surface area contributed by atoms with Crippen LogP contribution in [0.5, 0.6) is 11.5 Å². The van der Waals surface area contributed by atoms with Gasteiger partial charge in [0.15, 0.2) is 11.5 Å². The summed E-state index contributed by atoms with van der Waals surface area (Å²) in [6.07, 6.45) is 0. The summed E-state index contributed by atoms with van der Waals surface area (Å²) in [7, 11) is 4.98. The molecule has 108 valence electrons. The summed E-state index contributed by atoms with van der Waals surface area (Å²) >= 11 is 0. The van der Waals surface area contributed by atoms with Gasteiger partial charge in [0.25, 0.3) is 0 Å². The number of rotatable bonds is 8. The van der Waals surface area contributed by atoms with Crippen molar-refractivity contribution in [3.05, 3.63) is 23.8 Å². The zero-order valence-corrected chi connectivity index (χ0v) is 11.4. The SMILES string of the molecule is COCCN(C)Cc1ccc(OC)c(OC(F)F)c1. The predicted octanol–water partition coefficient (Wildman–Crippen LogP) is 2.37. The van der Waals surface area contributed by atoms with Crippen LogP contribution >= 0.6 is 0 Å². The molecule has 0 heterocycles. The molecule has 4 nitrogen and oxygen atoms in total. The minimum absolute atomic E-state index is 0.0511. The molecule has 1 rings (SSSR count). The van der Waals surface area contributed by atoms with Crippen LogP contribution in [-0.4, -0.2) is 45.9 Å². The average Bonchev–Trinajstić information content (AvgIpc) is 2.36. The predicted molar refractivity (Wildman–Crippen MR) is 67.8 cm³/mol. The standard InChI is InChI=1S/C13H19F2NO3/c1-16(6-7-17-2)9-10-4-5-11(18-3)12(8-10)19-13(14)15/h4-5,8,13H,6-7,9H2,1-3H3. The lowest BCUT2D eigenvalue weighted by Crippen LogP contribution is -2.22. The number of hydrogen-bond donors (Lipinski definition) is 0. The second-order valence-electron chi connectivity index (χ2n) is 4.09. The smallest absolute Gasteiger partial charge is 0.387 e. The molecule has 0 aliphatic heterocycles. The maximum absolute atomic E-state index is 12.3. The molecule has 0 aliphatic rings. The van der Waals surface area contributed by atoms with Gasteiger partial charge in [0, 0.05) is 20.2 Å². The van der Waals surface area contributed by atoms with E-state index >= 15 is 0 Å². The van der Waals surface area contributed by atoms with Crippen molar-refractivity contribution < 1.29 is 23.0 Å². The number of benzene rings is 1. The topological polar surface area (TPSA) is 30.9 Å². The van der Waals surface area contributed by atoms with Crippen LogP contribution in [0.15, 0.2) is 18.2 Å². The summed E-state index contributed by atoms with van der Waals surface area (Å²) in [6.45, 7) is -0.872. The van der Waals surface area contributed by atoms with Gasteiger partial charge in [-0.25, -0.2) is 0 Å². The summed E-state index contributed by atoms with van der Waals surface area (Å²) in [5.41, 5.74) is 0.870. The van der Waals surface area contributed by atoms with Crippen molar-refractivity contribution in [1.29, 1.82) is 0 Å². The molecule has 1 aromatic rings. The van der Waals surface area contributed by atoms with Crippen LogP contribution < -0.4 is 9.47 Å². The first-order valence-corrected chi connectivity index (χ1v) is 5.86. The van der Waals surface area contributed by atoms with E-state index in [1.807, 2.05) is 18.0 Å². The van der Waals surface area contributed by atoms with E-state index in [0.29, 0.717) is 18.9 Å². The van der Waals surface area contributed by atoms with E-state index in [0.717, 1.165) is 12.1 Å². The Bertz CT molecular complexity index is 388. The fraction of sp³-hybridized carbons (Fsp3) is 0.538. The van der Waals surface area contributed by atoms with Crippen LogP contribution in [0.3, 0.4) is 0 Å². The van der Waals surface area contributed by atoms with Crippen LogP contribution in [-0.2, 0) is 11.3 Å². The molecule has 1 aromatic carbocycles. The molecule has 0 aromatic heterocycles. The Morgan fingerprint density at radius 2 is 1.95 bits per heavy atom. The number of alkyl halides is 2. The molecule has 19 heavy (non-hydrogen) atoms. The Morgan fingerprint density at radius 1 is 1.21 bits per heavy atom. The fourth-order valence-corrected chi connectivity index (χ4v) is 1.65. The molecule has 0 amide bonds. The van der Waals surface area contributed by atoms with E-state index in [9.17, 15) is 8.78 Å². The van der Waals surface area contributed by atoms with E-state index < -0.39 is 6.61 Å². The highest BCUT2D eigenvalue weighted by Crippen LogP contribution is 2.29. The Labute approximate surface area is 111 Å². The van der Waals surface area contributed by atoms with Gasteiger partial charge in [-0.05, 0) is 24.7 Å². The van der Waals surface area contributed by atoms with Crippen molar-refractivity contribution in [2.45, 2.75) is 13.2 Å².